The van der Waals surface area contributed by atoms with Crippen molar-refractivity contribution >= 4 is 61.8 Å². The van der Waals surface area contributed by atoms with Gasteiger partial charge in [0.15, 0.2) is 0 Å². The van der Waals surface area contributed by atoms with Crippen LogP contribution in [0.1, 0.15) is 13.8 Å². The van der Waals surface area contributed by atoms with E-state index in [1.807, 2.05) is 19.9 Å². The fourth-order valence-corrected chi connectivity index (χ4v) is 0. The molecule has 0 aliphatic rings. The summed E-state index contributed by atoms with van der Waals surface area (Å²) >= 11 is 0. The van der Waals surface area contributed by atoms with Crippen molar-refractivity contribution in [3.05, 3.63) is 0 Å². The van der Waals surface area contributed by atoms with Crippen molar-refractivity contribution < 1.29 is 17.5 Å². The van der Waals surface area contributed by atoms with Gasteiger partial charge >= 0.3 is 61.8 Å². The Hall–Kier alpha value is 0.996. The molecule has 0 saturated heterocycles. The van der Waals surface area contributed by atoms with E-state index in [0.717, 1.165) is 0 Å². The van der Waals surface area contributed by atoms with Gasteiger partial charge in [-0.25, -0.2) is 0 Å². The molecule has 11 heavy (non-hydrogen) atoms. The van der Waals surface area contributed by atoms with Crippen LogP contribution in [0.25, 0.3) is 0 Å². The molecule has 0 aliphatic carbocycles. The summed E-state index contributed by atoms with van der Waals surface area (Å²) < 4.78 is 31.6. The Bertz CT molecular complexity index is 197. The van der Waals surface area contributed by atoms with Crippen LogP contribution in [0.2, 0.25) is 0 Å². The van der Waals surface area contributed by atoms with E-state index >= 15 is 0 Å². The van der Waals surface area contributed by atoms with Crippen LogP contribution in [0.3, 0.4) is 0 Å². The van der Waals surface area contributed by atoms with Crippen molar-refractivity contribution in [3.8, 4) is 6.07 Å². The van der Waals surface area contributed by atoms with Gasteiger partial charge in [-0.2, -0.15) is 13.7 Å². The molecule has 0 aromatic rings. The van der Waals surface area contributed by atoms with Crippen LogP contribution in [0.15, 0.2) is 0 Å². The summed E-state index contributed by atoms with van der Waals surface area (Å²) in [4.78, 5) is 0. The summed E-state index contributed by atoms with van der Waals surface area (Å²) in [6.45, 7) is 3.72. The molecule has 0 heterocycles. The Morgan fingerprint density at radius 1 is 1.36 bits per heavy atom. The van der Waals surface area contributed by atoms with Gasteiger partial charge in [0.1, 0.15) is 0 Å². The van der Waals surface area contributed by atoms with Crippen LogP contribution in [-0.2, 0) is 10.4 Å². The molecule has 0 bridgehead atoms. The topological polar surface area (TPSA) is 98.4 Å². The number of nitrogens with zero attached hydrogens (tertiary/aromatic N) is 1. The van der Waals surface area contributed by atoms with E-state index in [4.69, 9.17) is 22.8 Å². The molecule has 2 N–H and O–H groups in total. The summed E-state index contributed by atoms with van der Waals surface area (Å²) in [6.07, 6.45) is 0. The minimum atomic E-state index is -4.67. The number of rotatable bonds is 0. The maximum absolute atomic E-state index is 8.74. The molecule has 0 aliphatic heterocycles. The minimum absolute atomic E-state index is 0. The average molecular weight is 207 g/mol. The molecule has 0 atom stereocenters. The number of hydrogen-bond donors (Lipinski definition) is 2. The Morgan fingerprint density at radius 2 is 1.45 bits per heavy atom. The Labute approximate surface area is 109 Å². The summed E-state index contributed by atoms with van der Waals surface area (Å²) in [7, 11) is -4.67. The summed E-state index contributed by atoms with van der Waals surface area (Å²) in [6, 6.07) is 2.03. The zero-order valence-corrected chi connectivity index (χ0v) is 6.46. The van der Waals surface area contributed by atoms with E-state index in [2.05, 4.69) is 0 Å². The molecule has 0 aromatic carbocycles. The van der Waals surface area contributed by atoms with E-state index in [9.17, 15) is 0 Å². The molecular formula is C4H10KNO4S. The van der Waals surface area contributed by atoms with Gasteiger partial charge in [-0.3, -0.25) is 9.11 Å². The van der Waals surface area contributed by atoms with Crippen molar-refractivity contribution in [1.29, 1.82) is 5.26 Å². The summed E-state index contributed by atoms with van der Waals surface area (Å²) in [5, 5.41) is 7.89. The van der Waals surface area contributed by atoms with Gasteiger partial charge in [-0.05, 0) is 13.8 Å². The first-order valence-corrected chi connectivity index (χ1v) is 3.76. The van der Waals surface area contributed by atoms with Crippen LogP contribution < -0.4 is 0 Å². The maximum atomic E-state index is 8.74. The zero-order valence-electron chi connectivity index (χ0n) is 5.64. The van der Waals surface area contributed by atoms with Gasteiger partial charge in [0.05, 0.1) is 6.07 Å². The van der Waals surface area contributed by atoms with Gasteiger partial charge in [-0.15, -0.1) is 0 Å². The molecule has 0 rings (SSSR count). The van der Waals surface area contributed by atoms with Gasteiger partial charge in [-0.1, -0.05) is 0 Å². The van der Waals surface area contributed by atoms with E-state index in [1.165, 1.54) is 0 Å². The fraction of sp³-hybridized carbons (Fsp3) is 0.750. The number of nitriles is 1. The van der Waals surface area contributed by atoms with Crippen molar-refractivity contribution in [1.82, 2.24) is 0 Å². The van der Waals surface area contributed by atoms with Gasteiger partial charge in [0.2, 0.25) is 0 Å². The third kappa shape index (κ3) is 99.1. The number of hydrogen-bond acceptors (Lipinski definition) is 3. The SMILES string of the molecule is CC(C)C#N.O=S(=O)(O)O.[KH]. The van der Waals surface area contributed by atoms with Crippen LogP contribution in [0, 0.1) is 17.2 Å². The Morgan fingerprint density at radius 3 is 1.45 bits per heavy atom. The second-order valence-electron chi connectivity index (χ2n) is 1.73. The molecule has 0 fully saturated rings. The first kappa shape index (κ1) is 17.9. The van der Waals surface area contributed by atoms with Gasteiger partial charge in [0.25, 0.3) is 0 Å². The monoisotopic (exact) mass is 207 g/mol. The van der Waals surface area contributed by atoms with E-state index in [-0.39, 0.29) is 57.3 Å². The van der Waals surface area contributed by atoms with Crippen LogP contribution in [0.5, 0.6) is 0 Å². The molecule has 0 unspecified atom stereocenters. The molecule has 0 radical (unpaired) electrons. The fourth-order valence-electron chi connectivity index (χ4n) is 0. The van der Waals surface area contributed by atoms with E-state index in [1.54, 1.807) is 0 Å². The molecule has 62 valence electrons. The average Bonchev–Trinajstić information content (AvgIpc) is 1.61. The predicted octanol–water partition coefficient (Wildman–Crippen LogP) is -0.135. The van der Waals surface area contributed by atoms with Crippen molar-refractivity contribution in [3.63, 3.8) is 0 Å². The molecule has 0 spiro atoms. The van der Waals surface area contributed by atoms with Crippen molar-refractivity contribution in [2.75, 3.05) is 0 Å². The Kier molecular flexibility index (Phi) is 14.8. The second-order valence-corrected chi connectivity index (χ2v) is 2.63. The van der Waals surface area contributed by atoms with E-state index < -0.39 is 10.4 Å². The van der Waals surface area contributed by atoms with E-state index in [0.29, 0.717) is 0 Å². The van der Waals surface area contributed by atoms with Crippen LogP contribution >= 0.6 is 0 Å². The first-order valence-electron chi connectivity index (χ1n) is 2.37. The van der Waals surface area contributed by atoms with Crippen LogP contribution in [-0.4, -0.2) is 68.9 Å². The van der Waals surface area contributed by atoms with Crippen LogP contribution in [0.4, 0.5) is 0 Å². The third-order valence-corrected chi connectivity index (χ3v) is 0.258. The molecule has 0 saturated carbocycles. The molecular weight excluding hydrogens is 197 g/mol. The quantitative estimate of drug-likeness (QED) is 0.425. The van der Waals surface area contributed by atoms with Crippen molar-refractivity contribution in [2.45, 2.75) is 13.8 Å². The van der Waals surface area contributed by atoms with Crippen molar-refractivity contribution in [2.24, 2.45) is 5.92 Å². The summed E-state index contributed by atoms with van der Waals surface area (Å²) in [5.74, 6) is 0.190. The summed E-state index contributed by atoms with van der Waals surface area (Å²) in [5.41, 5.74) is 0. The normalized spacial score (nSPS) is 8.73. The third-order valence-electron chi connectivity index (χ3n) is 0.258. The van der Waals surface area contributed by atoms with Gasteiger partial charge < -0.3 is 0 Å². The van der Waals surface area contributed by atoms with Gasteiger partial charge in [0, 0.05) is 5.92 Å². The first-order chi connectivity index (χ1) is 4.27. The molecule has 5 nitrogen and oxygen atoms in total. The standard InChI is InChI=1S/C4H7N.K.H2O4S.H/c1-4(2)3-5;;1-5(2,3)4;/h4H,1-2H3;;(H2,1,2,3,4);. The molecule has 0 aromatic heterocycles. The molecule has 7 heteroatoms. The Balaban J connectivity index is -0.000000107. The predicted molar refractivity (Wildman–Crippen MR) is 41.8 cm³/mol. The zero-order chi connectivity index (χ0) is 8.78. The second kappa shape index (κ2) is 9.09. The molecule has 0 amide bonds.